The zero-order valence-corrected chi connectivity index (χ0v) is 13.6. The normalized spacial score (nSPS) is 12.1. The number of phenolic OH excluding ortho intramolecular Hbond substituents is 1. The summed E-state index contributed by atoms with van der Waals surface area (Å²) in [5.74, 6) is 0.146. The Morgan fingerprint density at radius 2 is 1.62 bits per heavy atom. The molecule has 1 atom stereocenters. The third kappa shape index (κ3) is 2.35. The van der Waals surface area contributed by atoms with Crippen molar-refractivity contribution in [2.45, 2.75) is 5.66 Å². The first-order chi connectivity index (χ1) is 11.4. The highest BCUT2D eigenvalue weighted by Gasteiger charge is 2.30. The summed E-state index contributed by atoms with van der Waals surface area (Å²) >= 11 is 0. The first-order valence-electron chi connectivity index (χ1n) is 7.36. The summed E-state index contributed by atoms with van der Waals surface area (Å²) in [6, 6.07) is 16.8. The molecule has 0 radical (unpaired) electrons. The van der Waals surface area contributed by atoms with E-state index in [0.717, 1.165) is 5.56 Å². The molecule has 2 nitrogen and oxygen atoms in total. The van der Waals surface area contributed by atoms with Crippen LogP contribution in [0.4, 0.5) is 8.78 Å². The lowest BCUT2D eigenvalue weighted by Crippen LogP contribution is -2.03. The lowest BCUT2D eigenvalue weighted by molar-refractivity contribution is 0.106. The Balaban J connectivity index is 2.12. The van der Waals surface area contributed by atoms with Crippen LogP contribution in [-0.4, -0.2) is 5.11 Å². The lowest BCUT2D eigenvalue weighted by atomic mass is 9.98. The van der Waals surface area contributed by atoms with E-state index in [1.54, 1.807) is 57.8 Å². The second kappa shape index (κ2) is 5.29. The molecule has 4 aromatic rings. The van der Waals surface area contributed by atoms with Crippen LogP contribution in [0.15, 0.2) is 65.1 Å². The SMILES string of the molecule is Oc1ccc(-c2ccc(C(F)(F)P)c3c2oc2ccccc23)cc1. The summed E-state index contributed by atoms with van der Waals surface area (Å²) in [7, 11) is 1.59. The molecule has 1 N–H and O–H groups in total. The Morgan fingerprint density at radius 1 is 0.917 bits per heavy atom. The van der Waals surface area contributed by atoms with E-state index in [-0.39, 0.29) is 11.3 Å². The molecule has 0 aliphatic heterocycles. The van der Waals surface area contributed by atoms with E-state index in [9.17, 15) is 13.9 Å². The van der Waals surface area contributed by atoms with E-state index < -0.39 is 5.66 Å². The third-order valence-electron chi connectivity index (χ3n) is 4.06. The second-order valence-corrected chi connectivity index (χ2v) is 6.36. The number of hydrogen-bond donors (Lipinski definition) is 1. The monoisotopic (exact) mass is 342 g/mol. The number of furan rings is 1. The largest absolute Gasteiger partial charge is 0.508 e. The number of rotatable bonds is 2. The minimum atomic E-state index is -3.06. The Morgan fingerprint density at radius 3 is 2.33 bits per heavy atom. The van der Waals surface area contributed by atoms with Crippen molar-refractivity contribution in [2.75, 3.05) is 0 Å². The predicted octanol–water partition coefficient (Wildman–Crippen LogP) is 5.88. The van der Waals surface area contributed by atoms with Crippen LogP contribution in [0, 0.1) is 0 Å². The van der Waals surface area contributed by atoms with E-state index in [4.69, 9.17) is 4.42 Å². The molecule has 120 valence electrons. The smallest absolute Gasteiger partial charge is 0.284 e. The fourth-order valence-electron chi connectivity index (χ4n) is 2.97. The highest BCUT2D eigenvalue weighted by molar-refractivity contribution is 7.17. The molecule has 0 bridgehead atoms. The maximum atomic E-state index is 14.1. The van der Waals surface area contributed by atoms with E-state index in [1.807, 2.05) is 6.07 Å². The number of halogens is 2. The Hall–Kier alpha value is -2.45. The molecule has 0 spiro atoms. The molecular weight excluding hydrogens is 329 g/mol. The van der Waals surface area contributed by atoms with E-state index >= 15 is 0 Å². The van der Waals surface area contributed by atoms with Crippen molar-refractivity contribution in [3.8, 4) is 16.9 Å². The summed E-state index contributed by atoms with van der Waals surface area (Å²) in [5.41, 5.74) is -0.668. The van der Waals surface area contributed by atoms with Crippen molar-refractivity contribution < 1.29 is 18.3 Å². The predicted molar refractivity (Wildman–Crippen MR) is 94.4 cm³/mol. The van der Waals surface area contributed by atoms with Gasteiger partial charge in [-0.1, -0.05) is 51.7 Å². The first-order valence-corrected chi connectivity index (χ1v) is 7.94. The number of benzene rings is 3. The van der Waals surface area contributed by atoms with Crippen molar-refractivity contribution in [3.05, 3.63) is 66.2 Å². The summed E-state index contributed by atoms with van der Waals surface area (Å²) < 4.78 is 34.0. The zero-order valence-electron chi connectivity index (χ0n) is 12.5. The average Bonchev–Trinajstić information content (AvgIpc) is 2.93. The molecule has 24 heavy (non-hydrogen) atoms. The van der Waals surface area contributed by atoms with Gasteiger partial charge in [0.15, 0.2) is 0 Å². The average molecular weight is 342 g/mol. The second-order valence-electron chi connectivity index (χ2n) is 5.63. The van der Waals surface area contributed by atoms with Gasteiger partial charge >= 0.3 is 0 Å². The molecule has 0 aliphatic carbocycles. The molecule has 1 aromatic heterocycles. The number of alkyl halides is 2. The summed E-state index contributed by atoms with van der Waals surface area (Å²) in [4.78, 5) is 0. The lowest BCUT2D eigenvalue weighted by Gasteiger charge is -2.13. The van der Waals surface area contributed by atoms with Crippen molar-refractivity contribution in [2.24, 2.45) is 0 Å². The van der Waals surface area contributed by atoms with Gasteiger partial charge in [-0.2, -0.15) is 8.78 Å². The number of hydrogen-bond acceptors (Lipinski definition) is 2. The van der Waals surface area contributed by atoms with Gasteiger partial charge in [0, 0.05) is 21.9 Å². The minimum Gasteiger partial charge on any atom is -0.508 e. The first kappa shape index (κ1) is 15.1. The van der Waals surface area contributed by atoms with Crippen molar-refractivity contribution in [1.82, 2.24) is 0 Å². The number of fused-ring (bicyclic) bond motifs is 3. The van der Waals surface area contributed by atoms with E-state index in [2.05, 4.69) is 0 Å². The Labute approximate surface area is 138 Å². The van der Waals surface area contributed by atoms with Crippen LogP contribution in [-0.2, 0) is 5.66 Å². The summed E-state index contributed by atoms with van der Waals surface area (Å²) in [5, 5.41) is 10.5. The van der Waals surface area contributed by atoms with Gasteiger partial charge in [-0.25, -0.2) is 0 Å². The molecule has 0 saturated heterocycles. The van der Waals surface area contributed by atoms with Gasteiger partial charge in [-0.15, -0.1) is 0 Å². The highest BCUT2D eigenvalue weighted by atomic mass is 31.0. The van der Waals surface area contributed by atoms with Crippen LogP contribution < -0.4 is 0 Å². The van der Waals surface area contributed by atoms with Crippen molar-refractivity contribution in [3.63, 3.8) is 0 Å². The molecule has 0 amide bonds. The Bertz CT molecular complexity index is 1050. The number of para-hydroxylation sites is 1. The highest BCUT2D eigenvalue weighted by Crippen LogP contribution is 2.45. The van der Waals surface area contributed by atoms with Crippen molar-refractivity contribution in [1.29, 1.82) is 0 Å². The molecule has 3 aromatic carbocycles. The quantitative estimate of drug-likeness (QED) is 0.461. The Kier molecular flexibility index (Phi) is 3.33. The molecular formula is C19H13F2O2P. The van der Waals surface area contributed by atoms with Gasteiger partial charge in [0.05, 0.1) is 0 Å². The molecule has 0 saturated carbocycles. The van der Waals surface area contributed by atoms with E-state index in [1.165, 1.54) is 6.07 Å². The van der Waals surface area contributed by atoms with Crippen LogP contribution in [0.25, 0.3) is 33.1 Å². The van der Waals surface area contributed by atoms with Crippen LogP contribution in [0.1, 0.15) is 5.56 Å². The zero-order chi connectivity index (χ0) is 16.9. The third-order valence-corrected chi connectivity index (χ3v) is 4.37. The molecule has 5 heteroatoms. The number of phenols is 1. The van der Waals surface area contributed by atoms with Crippen LogP contribution in [0.5, 0.6) is 5.75 Å². The van der Waals surface area contributed by atoms with Gasteiger partial charge in [-0.05, 0) is 23.8 Å². The van der Waals surface area contributed by atoms with Gasteiger partial charge in [0.25, 0.3) is 5.66 Å². The maximum absolute atomic E-state index is 14.1. The van der Waals surface area contributed by atoms with Crippen LogP contribution in [0.2, 0.25) is 0 Å². The molecule has 0 fully saturated rings. The molecule has 1 heterocycles. The summed E-state index contributed by atoms with van der Waals surface area (Å²) in [6.07, 6.45) is 0. The summed E-state index contributed by atoms with van der Waals surface area (Å²) in [6.45, 7) is 0. The topological polar surface area (TPSA) is 33.4 Å². The fraction of sp³-hybridized carbons (Fsp3) is 0.0526. The van der Waals surface area contributed by atoms with Gasteiger partial charge < -0.3 is 9.52 Å². The minimum absolute atomic E-state index is 0.0880. The van der Waals surface area contributed by atoms with E-state index in [0.29, 0.717) is 27.5 Å². The number of aromatic hydroxyl groups is 1. The van der Waals surface area contributed by atoms with Gasteiger partial charge in [0.2, 0.25) is 0 Å². The van der Waals surface area contributed by atoms with Gasteiger partial charge in [-0.3, -0.25) is 0 Å². The van der Waals surface area contributed by atoms with Crippen molar-refractivity contribution >= 4 is 31.2 Å². The van der Waals surface area contributed by atoms with Crippen LogP contribution in [0.3, 0.4) is 0 Å². The molecule has 1 unspecified atom stereocenters. The van der Waals surface area contributed by atoms with Gasteiger partial charge in [0.1, 0.15) is 16.9 Å². The van der Waals surface area contributed by atoms with Crippen LogP contribution >= 0.6 is 9.24 Å². The maximum Gasteiger partial charge on any atom is 0.284 e. The fourth-order valence-corrected chi connectivity index (χ4v) is 3.21. The molecule has 0 aliphatic rings. The standard InChI is InChI=1S/C19H13F2O2P/c20-19(21,24)15-10-9-13(11-5-7-12(22)8-6-11)18-17(15)14-3-1-2-4-16(14)23-18/h1-10,22H,24H2. The molecule has 4 rings (SSSR count).